The molecule has 0 aliphatic rings. The third-order valence-corrected chi connectivity index (χ3v) is 5.91. The molecule has 3 rings (SSSR count). The molecule has 1 N–H and O–H groups in total. The molecule has 3 aromatic rings. The van der Waals surface area contributed by atoms with E-state index in [1.165, 1.54) is 0 Å². The van der Waals surface area contributed by atoms with Crippen LogP contribution in [0.2, 0.25) is 0 Å². The van der Waals surface area contributed by atoms with E-state index in [9.17, 15) is 8.42 Å². The van der Waals surface area contributed by atoms with Gasteiger partial charge in [-0.2, -0.15) is 0 Å². The van der Waals surface area contributed by atoms with Crippen LogP contribution in [0.5, 0.6) is 0 Å². The van der Waals surface area contributed by atoms with E-state index < -0.39 is 10.0 Å². The first kappa shape index (κ1) is 18.4. The Morgan fingerprint density at radius 1 is 1.08 bits per heavy atom. The third-order valence-electron chi connectivity index (χ3n) is 4.33. The molecule has 26 heavy (non-hydrogen) atoms. The van der Waals surface area contributed by atoms with E-state index in [4.69, 9.17) is 4.52 Å². The van der Waals surface area contributed by atoms with Crippen LogP contribution in [-0.4, -0.2) is 20.1 Å². The zero-order chi connectivity index (χ0) is 18.7. The molecule has 0 fully saturated rings. The summed E-state index contributed by atoms with van der Waals surface area (Å²) < 4.78 is 33.3. The summed E-state index contributed by atoms with van der Waals surface area (Å²) in [5, 5.41) is 3.87. The maximum atomic E-state index is 12.7. The van der Waals surface area contributed by atoms with Gasteiger partial charge in [-0.1, -0.05) is 42.4 Å². The van der Waals surface area contributed by atoms with Crippen molar-refractivity contribution in [3.63, 3.8) is 0 Å². The normalized spacial score (nSPS) is 12.9. The minimum atomic E-state index is -3.58. The monoisotopic (exact) mass is 370 g/mol. The van der Waals surface area contributed by atoms with Crippen LogP contribution in [0.4, 0.5) is 0 Å². The molecule has 6 heteroatoms. The fourth-order valence-electron chi connectivity index (χ4n) is 2.82. The Labute approximate surface area is 154 Å². The zero-order valence-corrected chi connectivity index (χ0v) is 15.9. The van der Waals surface area contributed by atoms with Crippen molar-refractivity contribution in [1.82, 2.24) is 9.88 Å². The van der Waals surface area contributed by atoms with Gasteiger partial charge in [0.2, 0.25) is 10.0 Å². The standard InChI is InChI=1S/C20H22N2O3S/c1-14-11-18(19-12-16(3)22-25-19)9-10-20(14)26(23,24)21-13-15(2)17-7-5-4-6-8-17/h4-12,15,21H,13H2,1-3H3. The van der Waals surface area contributed by atoms with Crippen LogP contribution in [-0.2, 0) is 10.0 Å². The van der Waals surface area contributed by atoms with Gasteiger partial charge in [-0.3, -0.25) is 0 Å². The fraction of sp³-hybridized carbons (Fsp3) is 0.250. The Balaban J connectivity index is 1.77. The largest absolute Gasteiger partial charge is 0.356 e. The summed E-state index contributed by atoms with van der Waals surface area (Å²) in [5.74, 6) is 0.711. The van der Waals surface area contributed by atoms with Gasteiger partial charge in [0.1, 0.15) is 0 Å². The highest BCUT2D eigenvalue weighted by Gasteiger charge is 2.19. The Kier molecular flexibility index (Phi) is 5.25. The van der Waals surface area contributed by atoms with E-state index in [1.54, 1.807) is 25.1 Å². The van der Waals surface area contributed by atoms with E-state index in [0.717, 1.165) is 16.8 Å². The summed E-state index contributed by atoms with van der Waals surface area (Å²) in [6, 6.07) is 16.8. The summed E-state index contributed by atoms with van der Waals surface area (Å²) in [7, 11) is -3.58. The van der Waals surface area contributed by atoms with Gasteiger partial charge in [0.25, 0.3) is 0 Å². The van der Waals surface area contributed by atoms with E-state index >= 15 is 0 Å². The van der Waals surface area contributed by atoms with Crippen molar-refractivity contribution in [2.24, 2.45) is 0 Å². The lowest BCUT2D eigenvalue weighted by atomic mass is 10.0. The average molecular weight is 370 g/mol. The van der Waals surface area contributed by atoms with Gasteiger partial charge < -0.3 is 4.52 Å². The molecule has 136 valence electrons. The van der Waals surface area contributed by atoms with Crippen LogP contribution in [0.1, 0.15) is 29.7 Å². The maximum Gasteiger partial charge on any atom is 0.240 e. The molecule has 2 aromatic carbocycles. The molecule has 0 saturated carbocycles. The van der Waals surface area contributed by atoms with Crippen LogP contribution in [0.3, 0.4) is 0 Å². The molecule has 0 bridgehead atoms. The van der Waals surface area contributed by atoms with Gasteiger partial charge in [-0.15, -0.1) is 0 Å². The van der Waals surface area contributed by atoms with Crippen molar-refractivity contribution in [3.8, 4) is 11.3 Å². The highest BCUT2D eigenvalue weighted by Crippen LogP contribution is 2.25. The highest BCUT2D eigenvalue weighted by atomic mass is 32.2. The van der Waals surface area contributed by atoms with Gasteiger partial charge in [0, 0.05) is 18.2 Å². The van der Waals surface area contributed by atoms with Crippen molar-refractivity contribution < 1.29 is 12.9 Å². The lowest BCUT2D eigenvalue weighted by Gasteiger charge is -2.14. The third kappa shape index (κ3) is 4.03. The predicted molar refractivity (Wildman–Crippen MR) is 101 cm³/mol. The molecule has 1 atom stereocenters. The molecule has 5 nitrogen and oxygen atoms in total. The van der Waals surface area contributed by atoms with Crippen molar-refractivity contribution in [3.05, 3.63) is 71.4 Å². The molecule has 0 saturated heterocycles. The molecule has 1 unspecified atom stereocenters. The quantitative estimate of drug-likeness (QED) is 0.711. The van der Waals surface area contributed by atoms with Gasteiger partial charge in [0.15, 0.2) is 5.76 Å². The predicted octanol–water partition coefficient (Wildman–Crippen LogP) is 4.04. The van der Waals surface area contributed by atoms with Crippen LogP contribution in [0.25, 0.3) is 11.3 Å². The number of nitrogens with one attached hydrogen (secondary N) is 1. The van der Waals surface area contributed by atoms with E-state index in [-0.39, 0.29) is 10.8 Å². The topological polar surface area (TPSA) is 72.2 Å². The highest BCUT2D eigenvalue weighted by molar-refractivity contribution is 7.89. The van der Waals surface area contributed by atoms with Crippen molar-refractivity contribution in [2.45, 2.75) is 31.6 Å². The summed E-state index contributed by atoms with van der Waals surface area (Å²) in [6.07, 6.45) is 0. The minimum Gasteiger partial charge on any atom is -0.356 e. The first-order valence-corrected chi connectivity index (χ1v) is 9.94. The van der Waals surface area contributed by atoms with E-state index in [2.05, 4.69) is 9.88 Å². The van der Waals surface area contributed by atoms with Crippen molar-refractivity contribution in [2.75, 3.05) is 6.54 Å². The smallest absolute Gasteiger partial charge is 0.240 e. The van der Waals surface area contributed by atoms with Gasteiger partial charge in [-0.25, -0.2) is 13.1 Å². The zero-order valence-electron chi connectivity index (χ0n) is 15.1. The summed E-state index contributed by atoms with van der Waals surface area (Å²) >= 11 is 0. The SMILES string of the molecule is Cc1cc(-c2ccc(S(=O)(=O)NCC(C)c3ccccc3)c(C)c2)on1. The minimum absolute atomic E-state index is 0.0859. The molecular formula is C20H22N2O3S. The number of aromatic nitrogens is 1. The molecular weight excluding hydrogens is 348 g/mol. The van der Waals surface area contributed by atoms with Crippen LogP contribution in [0, 0.1) is 13.8 Å². The first-order valence-electron chi connectivity index (χ1n) is 8.46. The Hall–Kier alpha value is -2.44. The number of rotatable bonds is 6. The number of benzene rings is 2. The lowest BCUT2D eigenvalue weighted by Crippen LogP contribution is -2.28. The number of hydrogen-bond donors (Lipinski definition) is 1. The van der Waals surface area contributed by atoms with Gasteiger partial charge in [0.05, 0.1) is 10.6 Å². The van der Waals surface area contributed by atoms with Crippen LogP contribution < -0.4 is 4.72 Å². The van der Waals surface area contributed by atoms with Gasteiger partial charge in [-0.05, 0) is 49.1 Å². The summed E-state index contributed by atoms with van der Waals surface area (Å²) in [6.45, 7) is 5.97. The summed E-state index contributed by atoms with van der Waals surface area (Å²) in [5.41, 5.74) is 3.35. The van der Waals surface area contributed by atoms with E-state index in [0.29, 0.717) is 17.9 Å². The molecule has 1 heterocycles. The van der Waals surface area contributed by atoms with Crippen molar-refractivity contribution >= 4 is 10.0 Å². The Morgan fingerprint density at radius 3 is 2.42 bits per heavy atom. The molecule has 0 spiro atoms. The molecule has 0 aliphatic carbocycles. The number of hydrogen-bond acceptors (Lipinski definition) is 4. The second-order valence-corrected chi connectivity index (χ2v) is 8.21. The molecule has 0 aliphatic heterocycles. The number of aryl methyl sites for hydroxylation is 2. The first-order chi connectivity index (χ1) is 12.4. The number of sulfonamides is 1. The van der Waals surface area contributed by atoms with Crippen molar-refractivity contribution in [1.29, 1.82) is 0 Å². The molecule has 1 aromatic heterocycles. The fourth-order valence-corrected chi connectivity index (χ4v) is 4.17. The summed E-state index contributed by atoms with van der Waals surface area (Å²) in [4.78, 5) is 0.276. The molecule has 0 amide bonds. The number of nitrogens with zero attached hydrogens (tertiary/aromatic N) is 1. The van der Waals surface area contributed by atoms with Crippen LogP contribution >= 0.6 is 0 Å². The second-order valence-electron chi connectivity index (χ2n) is 6.48. The Bertz CT molecular complexity index is 995. The van der Waals surface area contributed by atoms with Crippen LogP contribution in [0.15, 0.2) is 64.0 Å². The average Bonchev–Trinajstić information content (AvgIpc) is 3.06. The maximum absolute atomic E-state index is 12.7. The van der Waals surface area contributed by atoms with Gasteiger partial charge >= 0.3 is 0 Å². The molecule has 0 radical (unpaired) electrons. The van der Waals surface area contributed by atoms with E-state index in [1.807, 2.05) is 50.2 Å². The Morgan fingerprint density at radius 2 is 1.81 bits per heavy atom. The lowest BCUT2D eigenvalue weighted by molar-refractivity contribution is 0.427. The second kappa shape index (κ2) is 7.43.